The van der Waals surface area contributed by atoms with Crippen molar-refractivity contribution in [2.24, 2.45) is 5.41 Å². The van der Waals surface area contributed by atoms with Crippen LogP contribution < -0.4 is 10.6 Å². The summed E-state index contributed by atoms with van der Waals surface area (Å²) in [5, 5.41) is 16.0. The minimum Gasteiger partial charge on any atom is -0.391 e. The molecular weight excluding hydrogens is 464 g/mol. The number of nitrogens with one attached hydrogen (secondary N) is 2. The summed E-state index contributed by atoms with van der Waals surface area (Å²) in [5.74, 6) is -0.855. The number of carbonyl (C=O) groups is 3. The predicted molar refractivity (Wildman–Crippen MR) is 137 cm³/mol. The molecule has 1 saturated heterocycles. The average molecular weight is 501 g/mol. The maximum Gasteiger partial charge on any atom is 0.246 e. The van der Waals surface area contributed by atoms with Crippen LogP contribution in [0.5, 0.6) is 0 Å². The summed E-state index contributed by atoms with van der Waals surface area (Å²) < 4.78 is 0. The zero-order valence-electron chi connectivity index (χ0n) is 21.1. The van der Waals surface area contributed by atoms with Gasteiger partial charge in [-0.3, -0.25) is 14.4 Å². The summed E-state index contributed by atoms with van der Waals surface area (Å²) in [5.41, 5.74) is 4.27. The highest BCUT2D eigenvalue weighted by molar-refractivity contribution is 7.13. The number of likely N-dealkylation sites (tertiary alicyclic amines) is 1. The number of hydrogen-bond acceptors (Lipinski definition) is 6. The molecule has 1 fully saturated rings. The first-order valence-electron chi connectivity index (χ1n) is 12.1. The average Bonchev–Trinajstić information content (AvgIpc) is 3.40. The molecule has 0 saturated carbocycles. The van der Waals surface area contributed by atoms with Gasteiger partial charge in [0.05, 0.1) is 22.2 Å². The van der Waals surface area contributed by atoms with E-state index in [-0.39, 0.29) is 30.7 Å². The molecule has 35 heavy (non-hydrogen) atoms. The summed E-state index contributed by atoms with van der Waals surface area (Å²) in [6, 6.07) is 6.35. The van der Waals surface area contributed by atoms with Crippen molar-refractivity contribution in [2.45, 2.75) is 78.6 Å². The van der Waals surface area contributed by atoms with Gasteiger partial charge in [-0.05, 0) is 29.9 Å². The Morgan fingerprint density at radius 1 is 1.23 bits per heavy atom. The minimum atomic E-state index is -0.788. The topological polar surface area (TPSA) is 112 Å². The summed E-state index contributed by atoms with van der Waals surface area (Å²) in [7, 11) is 0. The standard InChI is InChI=1S/C26H36N4O4S/c1-6-7-21(32)29-23(26(3,4)5)25(34)30-14-19(31)12-20(30)24(33)27-13-17-8-10-18(11-9-17)22-16(2)28-15-35-22/h8-11,15,19-20,23,31H,6-7,12-14H2,1-5H3,(H,27,33)(H,29,32)/t19-,20+,23-/m1/s1. The number of carbonyl (C=O) groups excluding carboxylic acids is 3. The number of β-amino-alcohol motifs (C(OH)–C–C–N with tert-alkyl or cyclic N) is 1. The number of aliphatic hydroxyl groups excluding tert-OH is 1. The van der Waals surface area contributed by atoms with E-state index in [0.717, 1.165) is 21.7 Å². The molecule has 9 heteroatoms. The molecule has 2 heterocycles. The summed E-state index contributed by atoms with van der Waals surface area (Å²) in [4.78, 5) is 45.6. The highest BCUT2D eigenvalue weighted by atomic mass is 32.1. The van der Waals surface area contributed by atoms with Crippen LogP contribution in [-0.4, -0.2) is 57.4 Å². The normalized spacial score (nSPS) is 18.9. The molecule has 3 atom stereocenters. The Hall–Kier alpha value is -2.78. The number of benzene rings is 1. The third-order valence-corrected chi connectivity index (χ3v) is 7.17. The van der Waals surface area contributed by atoms with Crippen molar-refractivity contribution in [1.82, 2.24) is 20.5 Å². The van der Waals surface area contributed by atoms with Crippen LogP contribution in [-0.2, 0) is 20.9 Å². The van der Waals surface area contributed by atoms with Crippen LogP contribution in [0.25, 0.3) is 10.4 Å². The van der Waals surface area contributed by atoms with E-state index >= 15 is 0 Å². The second kappa shape index (κ2) is 11.3. The van der Waals surface area contributed by atoms with Gasteiger partial charge in [0.25, 0.3) is 0 Å². The molecule has 1 aliphatic rings. The molecule has 0 aliphatic carbocycles. The van der Waals surface area contributed by atoms with Gasteiger partial charge in [-0.1, -0.05) is 52.0 Å². The summed E-state index contributed by atoms with van der Waals surface area (Å²) >= 11 is 1.59. The Morgan fingerprint density at radius 2 is 1.91 bits per heavy atom. The predicted octanol–water partition coefficient (Wildman–Crippen LogP) is 3.03. The third kappa shape index (κ3) is 6.67. The molecule has 8 nitrogen and oxygen atoms in total. The lowest BCUT2D eigenvalue weighted by molar-refractivity contribution is -0.144. The number of thiazole rings is 1. The Balaban J connectivity index is 1.67. The Labute approximate surface area is 211 Å². The lowest BCUT2D eigenvalue weighted by atomic mass is 9.85. The van der Waals surface area contributed by atoms with Crippen LogP contribution in [0.3, 0.4) is 0 Å². The van der Waals surface area contributed by atoms with E-state index in [1.165, 1.54) is 4.90 Å². The van der Waals surface area contributed by atoms with E-state index < -0.39 is 23.6 Å². The van der Waals surface area contributed by atoms with Gasteiger partial charge in [0, 0.05) is 25.9 Å². The second-order valence-electron chi connectivity index (χ2n) is 10.2. The van der Waals surface area contributed by atoms with E-state index in [0.29, 0.717) is 19.4 Å². The van der Waals surface area contributed by atoms with Crippen molar-refractivity contribution in [3.8, 4) is 10.4 Å². The van der Waals surface area contributed by atoms with Crippen molar-refractivity contribution in [3.63, 3.8) is 0 Å². The van der Waals surface area contributed by atoms with Crippen molar-refractivity contribution < 1.29 is 19.5 Å². The number of aryl methyl sites for hydroxylation is 1. The minimum absolute atomic E-state index is 0.0655. The molecule has 190 valence electrons. The number of aliphatic hydroxyl groups is 1. The van der Waals surface area contributed by atoms with Gasteiger partial charge in [0.1, 0.15) is 12.1 Å². The van der Waals surface area contributed by atoms with Gasteiger partial charge in [-0.15, -0.1) is 11.3 Å². The van der Waals surface area contributed by atoms with Crippen LogP contribution in [0.4, 0.5) is 0 Å². The van der Waals surface area contributed by atoms with Gasteiger partial charge in [-0.2, -0.15) is 0 Å². The zero-order chi connectivity index (χ0) is 25.8. The fraction of sp³-hybridized carbons (Fsp3) is 0.538. The maximum absolute atomic E-state index is 13.5. The molecule has 3 amide bonds. The second-order valence-corrected chi connectivity index (χ2v) is 11.0. The molecule has 0 unspecified atom stereocenters. The number of rotatable bonds is 8. The fourth-order valence-electron chi connectivity index (χ4n) is 4.24. The van der Waals surface area contributed by atoms with Crippen LogP contribution in [0, 0.1) is 12.3 Å². The smallest absolute Gasteiger partial charge is 0.246 e. The van der Waals surface area contributed by atoms with E-state index in [1.54, 1.807) is 11.3 Å². The third-order valence-electron chi connectivity index (χ3n) is 6.19. The first-order chi connectivity index (χ1) is 16.5. The molecule has 0 spiro atoms. The van der Waals surface area contributed by atoms with Crippen molar-refractivity contribution >= 4 is 29.1 Å². The molecule has 3 rings (SSSR count). The van der Waals surface area contributed by atoms with Crippen LogP contribution in [0.2, 0.25) is 0 Å². The van der Waals surface area contributed by atoms with E-state index in [4.69, 9.17) is 0 Å². The van der Waals surface area contributed by atoms with E-state index in [1.807, 2.05) is 64.4 Å². The quantitative estimate of drug-likeness (QED) is 0.516. The first-order valence-corrected chi connectivity index (χ1v) is 12.9. The lowest BCUT2D eigenvalue weighted by Crippen LogP contribution is -2.57. The molecule has 1 aromatic carbocycles. The van der Waals surface area contributed by atoms with Gasteiger partial charge < -0.3 is 20.6 Å². The lowest BCUT2D eigenvalue weighted by Gasteiger charge is -2.35. The van der Waals surface area contributed by atoms with Crippen LogP contribution in [0.15, 0.2) is 29.8 Å². The number of amides is 3. The number of aromatic nitrogens is 1. The zero-order valence-corrected chi connectivity index (χ0v) is 21.9. The van der Waals surface area contributed by atoms with Crippen molar-refractivity contribution in [1.29, 1.82) is 0 Å². The van der Waals surface area contributed by atoms with Gasteiger partial charge >= 0.3 is 0 Å². The molecule has 0 bridgehead atoms. The van der Waals surface area contributed by atoms with E-state index in [9.17, 15) is 19.5 Å². The molecular formula is C26H36N4O4S. The molecule has 2 aromatic rings. The van der Waals surface area contributed by atoms with Crippen LogP contribution in [0.1, 0.15) is 58.2 Å². The summed E-state index contributed by atoms with van der Waals surface area (Å²) in [6.07, 6.45) is 0.382. The Kier molecular flexibility index (Phi) is 8.66. The highest BCUT2D eigenvalue weighted by Crippen LogP contribution is 2.28. The van der Waals surface area contributed by atoms with Crippen molar-refractivity contribution in [3.05, 3.63) is 41.0 Å². The van der Waals surface area contributed by atoms with Crippen molar-refractivity contribution in [2.75, 3.05) is 6.54 Å². The number of hydrogen-bond donors (Lipinski definition) is 3. The number of nitrogens with zero attached hydrogens (tertiary/aromatic N) is 2. The van der Waals surface area contributed by atoms with Gasteiger partial charge in [0.15, 0.2) is 0 Å². The molecule has 3 N–H and O–H groups in total. The molecule has 1 aromatic heterocycles. The Bertz CT molecular complexity index is 1040. The van der Waals surface area contributed by atoms with Gasteiger partial charge in [0.2, 0.25) is 17.7 Å². The van der Waals surface area contributed by atoms with Gasteiger partial charge in [-0.25, -0.2) is 4.98 Å². The summed E-state index contributed by atoms with van der Waals surface area (Å²) in [6.45, 7) is 9.88. The van der Waals surface area contributed by atoms with E-state index in [2.05, 4.69) is 15.6 Å². The van der Waals surface area contributed by atoms with Crippen LogP contribution >= 0.6 is 11.3 Å². The SMILES string of the molecule is CCCC(=O)N[C@H](C(=O)N1C[C@H](O)C[C@H]1C(=O)NCc1ccc(-c2scnc2C)cc1)C(C)(C)C. The molecule has 1 aliphatic heterocycles. The maximum atomic E-state index is 13.5. The highest BCUT2D eigenvalue weighted by Gasteiger charge is 2.44. The largest absolute Gasteiger partial charge is 0.391 e. The monoisotopic (exact) mass is 500 g/mol. The molecule has 0 radical (unpaired) electrons. The fourth-order valence-corrected chi connectivity index (χ4v) is 5.05. The first kappa shape index (κ1) is 26.8. The Morgan fingerprint density at radius 3 is 2.49 bits per heavy atom.